The molecule has 1 atom stereocenters. The first kappa shape index (κ1) is 21.6. The molecule has 1 aromatic heterocycles. The Morgan fingerprint density at radius 2 is 1.72 bits per heavy atom. The van der Waals surface area contributed by atoms with Crippen LogP contribution in [0.3, 0.4) is 0 Å². The van der Waals surface area contributed by atoms with Crippen LogP contribution in [0.5, 0.6) is 5.75 Å². The molecule has 32 heavy (non-hydrogen) atoms. The first-order chi connectivity index (χ1) is 15.6. The number of carbonyl (C=O) groups excluding carboxylic acids is 1. The van der Waals surface area contributed by atoms with Gasteiger partial charge in [-0.2, -0.15) is 0 Å². The lowest BCUT2D eigenvalue weighted by Crippen LogP contribution is -2.29. The second-order valence-electron chi connectivity index (χ2n) is 7.24. The van der Waals surface area contributed by atoms with E-state index in [2.05, 4.69) is 10.3 Å². The number of aromatic nitrogens is 2. The maximum atomic E-state index is 13.3. The average Bonchev–Trinajstić information content (AvgIpc) is 2.83. The van der Waals surface area contributed by atoms with Crippen LogP contribution in [-0.4, -0.2) is 28.3 Å². The topological polar surface area (TPSA) is 73.2 Å². The molecule has 0 aliphatic carbocycles. The number of methoxy groups -OCH3 is 1. The molecular formula is C25H23N3O3S. The highest BCUT2D eigenvalue weighted by molar-refractivity contribution is 7.99. The summed E-state index contributed by atoms with van der Waals surface area (Å²) in [5, 5.41) is 3.98. The maximum absolute atomic E-state index is 13.3. The number of fused-ring (bicyclic) bond motifs is 1. The number of para-hydroxylation sites is 1. The fraction of sp³-hybridized carbons (Fsp3) is 0.160. The minimum atomic E-state index is -0.179. The zero-order valence-electron chi connectivity index (χ0n) is 17.8. The summed E-state index contributed by atoms with van der Waals surface area (Å²) in [6, 6.07) is 24.1. The van der Waals surface area contributed by atoms with Crippen molar-refractivity contribution in [3.63, 3.8) is 0 Å². The molecule has 7 heteroatoms. The number of nitrogens with one attached hydrogen (secondary N) is 1. The lowest BCUT2D eigenvalue weighted by Gasteiger charge is -2.16. The van der Waals surface area contributed by atoms with E-state index in [1.54, 1.807) is 48.1 Å². The molecule has 4 rings (SSSR count). The van der Waals surface area contributed by atoms with Crippen molar-refractivity contribution < 1.29 is 9.53 Å². The minimum Gasteiger partial charge on any atom is -0.497 e. The number of thioether (sulfide) groups is 1. The Hall–Kier alpha value is -3.58. The summed E-state index contributed by atoms with van der Waals surface area (Å²) in [6.45, 7) is 1.94. The van der Waals surface area contributed by atoms with E-state index in [9.17, 15) is 9.59 Å². The fourth-order valence-electron chi connectivity index (χ4n) is 3.41. The van der Waals surface area contributed by atoms with Crippen LogP contribution in [0.4, 0.5) is 0 Å². The van der Waals surface area contributed by atoms with Gasteiger partial charge in [0.2, 0.25) is 5.91 Å². The van der Waals surface area contributed by atoms with E-state index in [4.69, 9.17) is 4.74 Å². The van der Waals surface area contributed by atoms with Crippen molar-refractivity contribution in [2.45, 2.75) is 18.1 Å². The first-order valence-electron chi connectivity index (χ1n) is 10.2. The molecule has 162 valence electrons. The smallest absolute Gasteiger partial charge is 0.266 e. The van der Waals surface area contributed by atoms with Crippen molar-refractivity contribution in [3.05, 3.63) is 94.8 Å². The van der Waals surface area contributed by atoms with E-state index in [-0.39, 0.29) is 23.3 Å². The molecule has 0 spiro atoms. The van der Waals surface area contributed by atoms with Crippen LogP contribution < -0.4 is 15.6 Å². The Kier molecular flexibility index (Phi) is 6.56. The van der Waals surface area contributed by atoms with Gasteiger partial charge in [-0.3, -0.25) is 14.2 Å². The van der Waals surface area contributed by atoms with E-state index in [0.29, 0.717) is 27.5 Å². The van der Waals surface area contributed by atoms with Gasteiger partial charge in [0, 0.05) is 0 Å². The lowest BCUT2D eigenvalue weighted by molar-refractivity contribution is -0.119. The highest BCUT2D eigenvalue weighted by atomic mass is 32.2. The number of hydrogen-bond acceptors (Lipinski definition) is 5. The minimum absolute atomic E-state index is 0.113. The maximum Gasteiger partial charge on any atom is 0.266 e. The van der Waals surface area contributed by atoms with Gasteiger partial charge in [-0.15, -0.1) is 0 Å². The molecule has 4 aromatic rings. The third-order valence-corrected chi connectivity index (χ3v) is 6.02. The van der Waals surface area contributed by atoms with Crippen LogP contribution in [0.15, 0.2) is 88.8 Å². The van der Waals surface area contributed by atoms with Crippen molar-refractivity contribution in [1.82, 2.24) is 14.9 Å². The second-order valence-corrected chi connectivity index (χ2v) is 8.18. The molecular weight excluding hydrogens is 422 g/mol. The average molecular weight is 446 g/mol. The summed E-state index contributed by atoms with van der Waals surface area (Å²) in [6.07, 6.45) is 0. The Bertz CT molecular complexity index is 1290. The van der Waals surface area contributed by atoms with Crippen molar-refractivity contribution >= 4 is 28.6 Å². The van der Waals surface area contributed by atoms with E-state index in [0.717, 1.165) is 5.56 Å². The largest absolute Gasteiger partial charge is 0.497 e. The third-order valence-electron chi connectivity index (χ3n) is 5.08. The number of amides is 1. The van der Waals surface area contributed by atoms with Gasteiger partial charge in [0.05, 0.1) is 35.5 Å². The SMILES string of the molecule is COc1ccc(-n2c(SCC(=O)NC(C)c3ccccc3)nc3ccccc3c2=O)cc1. The highest BCUT2D eigenvalue weighted by Crippen LogP contribution is 2.23. The normalized spacial score (nSPS) is 11.8. The summed E-state index contributed by atoms with van der Waals surface area (Å²) < 4.78 is 6.77. The van der Waals surface area contributed by atoms with Crippen LogP contribution in [0.25, 0.3) is 16.6 Å². The van der Waals surface area contributed by atoms with Crippen LogP contribution in [0, 0.1) is 0 Å². The van der Waals surface area contributed by atoms with E-state index >= 15 is 0 Å². The molecule has 3 aromatic carbocycles. The Balaban J connectivity index is 1.62. The van der Waals surface area contributed by atoms with Crippen molar-refractivity contribution in [2.75, 3.05) is 12.9 Å². The third kappa shape index (κ3) is 4.68. The monoisotopic (exact) mass is 445 g/mol. The molecule has 0 saturated heterocycles. The quantitative estimate of drug-likeness (QED) is 0.338. The van der Waals surface area contributed by atoms with E-state index in [1.807, 2.05) is 49.4 Å². The van der Waals surface area contributed by atoms with Crippen molar-refractivity contribution in [1.29, 1.82) is 0 Å². The molecule has 0 saturated carbocycles. The van der Waals surface area contributed by atoms with Crippen molar-refractivity contribution in [2.24, 2.45) is 0 Å². The van der Waals surface area contributed by atoms with Gasteiger partial charge >= 0.3 is 0 Å². The number of rotatable bonds is 7. The predicted molar refractivity (Wildman–Crippen MR) is 128 cm³/mol. The molecule has 0 aliphatic heterocycles. The molecule has 1 heterocycles. The number of hydrogen-bond donors (Lipinski definition) is 1. The van der Waals surface area contributed by atoms with Crippen LogP contribution in [-0.2, 0) is 4.79 Å². The van der Waals surface area contributed by atoms with E-state index < -0.39 is 0 Å². The number of ether oxygens (including phenoxy) is 1. The molecule has 0 fully saturated rings. The zero-order chi connectivity index (χ0) is 22.5. The first-order valence-corrected chi connectivity index (χ1v) is 11.2. The van der Waals surface area contributed by atoms with Gasteiger partial charge in [0.15, 0.2) is 5.16 Å². The molecule has 1 amide bonds. The Morgan fingerprint density at radius 3 is 2.44 bits per heavy atom. The summed E-state index contributed by atoms with van der Waals surface area (Å²) in [5.41, 5.74) is 2.11. The number of nitrogens with zero attached hydrogens (tertiary/aromatic N) is 2. The molecule has 0 aliphatic rings. The highest BCUT2D eigenvalue weighted by Gasteiger charge is 2.16. The Morgan fingerprint density at radius 1 is 1.03 bits per heavy atom. The Labute approximate surface area is 190 Å². The standard InChI is InChI=1S/C25H23N3O3S/c1-17(18-8-4-3-5-9-18)26-23(29)16-32-25-27-22-11-7-6-10-21(22)24(30)28(25)19-12-14-20(31-2)15-13-19/h3-15,17H,16H2,1-2H3,(H,26,29). The number of carbonyl (C=O) groups is 1. The predicted octanol–water partition coefficient (Wildman–Crippen LogP) is 4.36. The molecule has 0 bridgehead atoms. The molecule has 6 nitrogen and oxygen atoms in total. The lowest BCUT2D eigenvalue weighted by atomic mass is 10.1. The molecule has 0 radical (unpaired) electrons. The molecule has 1 N–H and O–H groups in total. The van der Waals surface area contributed by atoms with Gasteiger partial charge in [0.25, 0.3) is 5.56 Å². The van der Waals surface area contributed by atoms with Crippen LogP contribution in [0.2, 0.25) is 0 Å². The van der Waals surface area contributed by atoms with Crippen LogP contribution >= 0.6 is 11.8 Å². The summed E-state index contributed by atoms with van der Waals surface area (Å²) in [4.78, 5) is 30.6. The summed E-state index contributed by atoms with van der Waals surface area (Å²) in [5.74, 6) is 0.701. The van der Waals surface area contributed by atoms with E-state index in [1.165, 1.54) is 11.8 Å². The number of benzene rings is 3. The van der Waals surface area contributed by atoms with Gasteiger partial charge in [0.1, 0.15) is 5.75 Å². The summed E-state index contributed by atoms with van der Waals surface area (Å²) >= 11 is 1.23. The van der Waals surface area contributed by atoms with Crippen molar-refractivity contribution in [3.8, 4) is 11.4 Å². The molecule has 1 unspecified atom stereocenters. The second kappa shape index (κ2) is 9.70. The fourth-order valence-corrected chi connectivity index (χ4v) is 4.23. The van der Waals surface area contributed by atoms with Crippen LogP contribution in [0.1, 0.15) is 18.5 Å². The van der Waals surface area contributed by atoms with Gasteiger partial charge in [-0.25, -0.2) is 4.98 Å². The summed E-state index contributed by atoms with van der Waals surface area (Å²) in [7, 11) is 1.59. The van der Waals surface area contributed by atoms with Gasteiger partial charge in [-0.1, -0.05) is 54.2 Å². The van der Waals surface area contributed by atoms with Gasteiger partial charge < -0.3 is 10.1 Å². The van der Waals surface area contributed by atoms with Gasteiger partial charge in [-0.05, 0) is 48.9 Å². The zero-order valence-corrected chi connectivity index (χ0v) is 18.6.